The number of hydrogen-bond donors (Lipinski definition) is 1. The zero-order valence-corrected chi connectivity index (χ0v) is 12.5. The van der Waals surface area contributed by atoms with Gasteiger partial charge in [0.25, 0.3) is 0 Å². The quantitative estimate of drug-likeness (QED) is 0.858. The Kier molecular flexibility index (Phi) is 5.11. The molecule has 1 aromatic carbocycles. The standard InChI is InChI=1S/C14H21NO3S/c1-14(2,3)18-13(16)19(15,17)11-7-10-12-8-5-4-6-9-12/h4-6,8-9,15H,7,10-11H2,1-3H3. The Bertz CT molecular complexity index is 515. The van der Waals surface area contributed by atoms with E-state index < -0.39 is 20.6 Å². The monoisotopic (exact) mass is 283 g/mol. The van der Waals surface area contributed by atoms with Crippen LogP contribution in [0, 0.1) is 4.78 Å². The van der Waals surface area contributed by atoms with Crippen molar-refractivity contribution in [2.45, 2.75) is 39.2 Å². The fourth-order valence-electron chi connectivity index (χ4n) is 1.52. The first kappa shape index (κ1) is 15.7. The van der Waals surface area contributed by atoms with Crippen molar-refractivity contribution in [2.24, 2.45) is 0 Å². The van der Waals surface area contributed by atoms with E-state index in [1.807, 2.05) is 30.3 Å². The molecule has 106 valence electrons. The van der Waals surface area contributed by atoms with Gasteiger partial charge >= 0.3 is 5.30 Å². The van der Waals surface area contributed by atoms with Crippen molar-refractivity contribution in [1.29, 1.82) is 4.78 Å². The van der Waals surface area contributed by atoms with Gasteiger partial charge in [0.15, 0.2) is 0 Å². The first-order valence-corrected chi connectivity index (χ1v) is 7.97. The molecule has 1 rings (SSSR count). The number of rotatable bonds is 4. The smallest absolute Gasteiger partial charge is 0.406 e. The maximum absolute atomic E-state index is 11.9. The topological polar surface area (TPSA) is 67.2 Å². The van der Waals surface area contributed by atoms with Crippen molar-refractivity contribution in [3.8, 4) is 0 Å². The summed E-state index contributed by atoms with van der Waals surface area (Å²) in [5.41, 5.74) is 0.405. The Morgan fingerprint density at radius 2 is 1.84 bits per heavy atom. The highest BCUT2D eigenvalue weighted by Crippen LogP contribution is 2.13. The second-order valence-electron chi connectivity index (χ2n) is 5.43. The lowest BCUT2D eigenvalue weighted by atomic mass is 10.1. The number of carbonyl (C=O) groups excluding carboxylic acids is 1. The van der Waals surface area contributed by atoms with Gasteiger partial charge < -0.3 is 4.74 Å². The number of aryl methyl sites for hydroxylation is 1. The predicted molar refractivity (Wildman–Crippen MR) is 76.7 cm³/mol. The summed E-state index contributed by atoms with van der Waals surface area (Å²) in [6, 6.07) is 9.73. The largest absolute Gasteiger partial charge is 0.450 e. The van der Waals surface area contributed by atoms with E-state index in [-0.39, 0.29) is 5.75 Å². The molecule has 0 radical (unpaired) electrons. The molecule has 0 aliphatic rings. The van der Waals surface area contributed by atoms with Gasteiger partial charge in [0, 0.05) is 5.75 Å². The maximum Gasteiger partial charge on any atom is 0.406 e. The Morgan fingerprint density at radius 1 is 1.26 bits per heavy atom. The number of carbonyl (C=O) groups is 1. The molecule has 19 heavy (non-hydrogen) atoms. The van der Waals surface area contributed by atoms with Crippen LogP contribution in [0.25, 0.3) is 0 Å². The van der Waals surface area contributed by atoms with Crippen molar-refractivity contribution >= 4 is 15.0 Å². The number of hydrogen-bond acceptors (Lipinski definition) is 4. The highest BCUT2D eigenvalue weighted by Gasteiger charge is 2.25. The summed E-state index contributed by atoms with van der Waals surface area (Å²) in [6.07, 6.45) is 1.24. The molecule has 1 atom stereocenters. The van der Waals surface area contributed by atoms with E-state index >= 15 is 0 Å². The average molecular weight is 283 g/mol. The van der Waals surface area contributed by atoms with Gasteiger partial charge in [0.05, 0.1) is 0 Å². The molecule has 1 aromatic rings. The molecule has 5 heteroatoms. The van der Waals surface area contributed by atoms with Crippen LogP contribution in [0.15, 0.2) is 30.3 Å². The maximum atomic E-state index is 11.9. The molecule has 0 aliphatic carbocycles. The minimum absolute atomic E-state index is 0.0385. The molecule has 0 spiro atoms. The normalized spacial score (nSPS) is 14.7. The minimum atomic E-state index is -3.32. The molecule has 0 amide bonds. The van der Waals surface area contributed by atoms with E-state index in [0.29, 0.717) is 12.8 Å². The highest BCUT2D eigenvalue weighted by atomic mass is 32.2. The van der Waals surface area contributed by atoms with E-state index in [1.54, 1.807) is 20.8 Å². The molecule has 1 N–H and O–H groups in total. The molecule has 0 aromatic heterocycles. The Morgan fingerprint density at radius 3 is 2.37 bits per heavy atom. The van der Waals surface area contributed by atoms with Crippen LogP contribution in [0.4, 0.5) is 4.79 Å². The van der Waals surface area contributed by atoms with Crippen LogP contribution in [-0.4, -0.2) is 20.9 Å². The van der Waals surface area contributed by atoms with Gasteiger partial charge in [-0.05, 0) is 39.2 Å². The third-order valence-corrected chi connectivity index (χ3v) is 3.88. The fraction of sp³-hybridized carbons (Fsp3) is 0.500. The summed E-state index contributed by atoms with van der Waals surface area (Å²) >= 11 is 0. The van der Waals surface area contributed by atoms with Crippen LogP contribution in [0.5, 0.6) is 0 Å². The van der Waals surface area contributed by atoms with Gasteiger partial charge in [-0.25, -0.2) is 13.8 Å². The third kappa shape index (κ3) is 5.87. The summed E-state index contributed by atoms with van der Waals surface area (Å²) < 4.78 is 24.6. The van der Waals surface area contributed by atoms with Gasteiger partial charge in [-0.15, -0.1) is 0 Å². The van der Waals surface area contributed by atoms with Crippen molar-refractivity contribution in [2.75, 3.05) is 5.75 Å². The van der Waals surface area contributed by atoms with Gasteiger partial charge in [0.2, 0.25) is 0 Å². The van der Waals surface area contributed by atoms with E-state index in [1.165, 1.54) is 0 Å². The molecule has 0 saturated carbocycles. The predicted octanol–water partition coefficient (Wildman–Crippen LogP) is 3.60. The second-order valence-corrected chi connectivity index (χ2v) is 7.53. The highest BCUT2D eigenvalue weighted by molar-refractivity contribution is 8.06. The minimum Gasteiger partial charge on any atom is -0.450 e. The summed E-state index contributed by atoms with van der Waals surface area (Å²) in [5, 5.41) is -0.909. The zero-order valence-electron chi connectivity index (χ0n) is 11.6. The SMILES string of the molecule is CC(C)(C)OC(=O)S(=N)(=O)CCCc1ccccc1. The van der Waals surface area contributed by atoms with Crippen LogP contribution in [-0.2, 0) is 20.9 Å². The van der Waals surface area contributed by atoms with E-state index in [2.05, 4.69) is 0 Å². The molecule has 0 fully saturated rings. The Labute approximate surface area is 115 Å². The zero-order chi connectivity index (χ0) is 14.5. The van der Waals surface area contributed by atoms with Crippen LogP contribution in [0.1, 0.15) is 32.8 Å². The van der Waals surface area contributed by atoms with Gasteiger partial charge in [-0.3, -0.25) is 0 Å². The summed E-state index contributed by atoms with van der Waals surface area (Å²) in [4.78, 5) is 11.6. The van der Waals surface area contributed by atoms with Crippen molar-refractivity contribution in [3.63, 3.8) is 0 Å². The Hall–Kier alpha value is -1.36. The molecule has 0 aliphatic heterocycles. The van der Waals surface area contributed by atoms with E-state index in [0.717, 1.165) is 5.56 Å². The van der Waals surface area contributed by atoms with Crippen LogP contribution >= 0.6 is 0 Å². The van der Waals surface area contributed by atoms with E-state index in [9.17, 15) is 9.00 Å². The van der Waals surface area contributed by atoms with Crippen molar-refractivity contribution < 1.29 is 13.7 Å². The molecule has 4 nitrogen and oxygen atoms in total. The summed E-state index contributed by atoms with van der Waals surface area (Å²) in [5.74, 6) is 0.0385. The number of nitrogens with one attached hydrogen (secondary N) is 1. The van der Waals surface area contributed by atoms with E-state index in [4.69, 9.17) is 9.52 Å². The molecular weight excluding hydrogens is 262 g/mol. The Balaban J connectivity index is 2.50. The molecular formula is C14H21NO3S. The molecule has 0 heterocycles. The molecule has 0 bridgehead atoms. The third-order valence-electron chi connectivity index (χ3n) is 2.40. The molecule has 0 saturated heterocycles. The fourth-order valence-corrected chi connectivity index (χ4v) is 2.63. The summed E-state index contributed by atoms with van der Waals surface area (Å²) in [7, 11) is -3.32. The average Bonchev–Trinajstić information content (AvgIpc) is 2.28. The lowest BCUT2D eigenvalue weighted by Crippen LogP contribution is -2.28. The van der Waals surface area contributed by atoms with Crippen LogP contribution in [0.2, 0.25) is 0 Å². The lowest BCUT2D eigenvalue weighted by molar-refractivity contribution is 0.0724. The van der Waals surface area contributed by atoms with Crippen molar-refractivity contribution in [1.82, 2.24) is 0 Å². The number of benzene rings is 1. The first-order valence-electron chi connectivity index (χ1n) is 6.24. The van der Waals surface area contributed by atoms with Gasteiger partial charge in [-0.2, -0.15) is 0 Å². The van der Waals surface area contributed by atoms with Crippen molar-refractivity contribution in [3.05, 3.63) is 35.9 Å². The van der Waals surface area contributed by atoms with Gasteiger partial charge in [-0.1, -0.05) is 30.3 Å². The second kappa shape index (κ2) is 6.19. The lowest BCUT2D eigenvalue weighted by Gasteiger charge is -2.20. The summed E-state index contributed by atoms with van der Waals surface area (Å²) in [6.45, 7) is 5.10. The van der Waals surface area contributed by atoms with Crippen LogP contribution in [0.3, 0.4) is 0 Å². The first-order chi connectivity index (χ1) is 8.71. The van der Waals surface area contributed by atoms with Gasteiger partial charge in [0.1, 0.15) is 15.3 Å². The van der Waals surface area contributed by atoms with Crippen LogP contribution < -0.4 is 0 Å². The number of ether oxygens (including phenoxy) is 1. The molecule has 1 unspecified atom stereocenters.